The van der Waals surface area contributed by atoms with Crippen LogP contribution in [0.4, 0.5) is 0 Å². The molecule has 1 saturated heterocycles. The van der Waals surface area contributed by atoms with Gasteiger partial charge in [0.1, 0.15) is 12.4 Å². The number of aromatic nitrogens is 1. The van der Waals surface area contributed by atoms with Crippen molar-refractivity contribution >= 4 is 22.7 Å². The molecule has 1 aromatic heterocycles. The molecule has 0 spiro atoms. The van der Waals surface area contributed by atoms with Gasteiger partial charge in [-0.2, -0.15) is 0 Å². The number of nitrogens with one attached hydrogen (secondary N) is 2. The fraction of sp³-hybridized carbons (Fsp3) is 0.393. The molecule has 0 radical (unpaired) electrons. The summed E-state index contributed by atoms with van der Waals surface area (Å²) < 4.78 is 6.03. The van der Waals surface area contributed by atoms with Gasteiger partial charge in [-0.3, -0.25) is 24.7 Å². The number of hydrogen-bond donors (Lipinski definition) is 3. The number of aryl methyl sites for hydroxylation is 1. The summed E-state index contributed by atoms with van der Waals surface area (Å²) in [6.07, 6.45) is 3.59. The molecule has 1 aliphatic heterocycles. The molecule has 2 fully saturated rings. The number of benzene rings is 2. The topological polar surface area (TPSA) is 104 Å². The highest BCUT2D eigenvalue weighted by molar-refractivity contribution is 5.95. The standard InChI is InChI=1S/C28H32N4O4/c1-18-16-20(22-6-2-3-8-24(22)29-18)17-36-21-12-10-19(11-13-21)27(33)30-26-23(28(34)31-35)7-4-9-25(26)32-14-5-15-32/h2-3,6,8,10-13,16,23,25-26,35H,4-5,7,9,14-15,17H2,1H3,(H,30,33)(H,31,34)/t23-,25+,26?/m0/s1. The molecule has 3 aromatic rings. The predicted octanol–water partition coefficient (Wildman–Crippen LogP) is 3.60. The highest BCUT2D eigenvalue weighted by atomic mass is 16.5. The molecule has 8 nitrogen and oxygen atoms in total. The van der Waals surface area contributed by atoms with Crippen molar-refractivity contribution in [2.45, 2.75) is 51.3 Å². The van der Waals surface area contributed by atoms with Crippen LogP contribution in [-0.4, -0.2) is 52.1 Å². The van der Waals surface area contributed by atoms with E-state index >= 15 is 0 Å². The van der Waals surface area contributed by atoms with Crippen molar-refractivity contribution in [3.8, 4) is 5.75 Å². The van der Waals surface area contributed by atoms with E-state index < -0.39 is 11.8 Å². The van der Waals surface area contributed by atoms with Gasteiger partial charge in [0.25, 0.3) is 5.91 Å². The van der Waals surface area contributed by atoms with E-state index in [0.29, 0.717) is 24.3 Å². The molecule has 1 saturated carbocycles. The van der Waals surface area contributed by atoms with Crippen molar-refractivity contribution in [1.29, 1.82) is 0 Å². The van der Waals surface area contributed by atoms with E-state index in [1.165, 1.54) is 0 Å². The minimum absolute atomic E-state index is 0.0972. The maximum absolute atomic E-state index is 13.1. The summed E-state index contributed by atoms with van der Waals surface area (Å²) in [7, 11) is 0. The van der Waals surface area contributed by atoms with Crippen LogP contribution < -0.4 is 15.5 Å². The Morgan fingerprint density at radius 2 is 1.86 bits per heavy atom. The normalized spacial score (nSPS) is 22.0. The lowest BCUT2D eigenvalue weighted by molar-refractivity contribution is -0.136. The van der Waals surface area contributed by atoms with E-state index in [2.05, 4.69) is 15.2 Å². The molecule has 3 atom stereocenters. The first-order valence-corrected chi connectivity index (χ1v) is 12.6. The molecule has 0 bridgehead atoms. The molecule has 2 aromatic carbocycles. The predicted molar refractivity (Wildman–Crippen MR) is 136 cm³/mol. The Labute approximate surface area is 210 Å². The van der Waals surface area contributed by atoms with Crippen molar-refractivity contribution in [3.05, 3.63) is 71.4 Å². The first kappa shape index (κ1) is 24.2. The van der Waals surface area contributed by atoms with Gasteiger partial charge in [0, 0.05) is 28.2 Å². The largest absolute Gasteiger partial charge is 0.489 e. The SMILES string of the molecule is Cc1cc(COc2ccc(C(=O)NC3[C@@H](C(=O)NO)CCC[C@H]3N3CCC3)cc2)c2ccccc2n1. The number of para-hydroxylation sites is 1. The summed E-state index contributed by atoms with van der Waals surface area (Å²) in [5.74, 6) is -0.461. The monoisotopic (exact) mass is 488 g/mol. The number of fused-ring (bicyclic) bond motifs is 1. The number of nitrogens with zero attached hydrogens (tertiary/aromatic N) is 2. The molecule has 5 rings (SSSR count). The quantitative estimate of drug-likeness (QED) is 0.347. The van der Waals surface area contributed by atoms with Gasteiger partial charge in [0.15, 0.2) is 0 Å². The minimum atomic E-state index is -0.459. The zero-order chi connectivity index (χ0) is 25.1. The van der Waals surface area contributed by atoms with Crippen LogP contribution in [0.2, 0.25) is 0 Å². The first-order chi connectivity index (χ1) is 17.5. The van der Waals surface area contributed by atoms with Crippen LogP contribution in [0, 0.1) is 12.8 Å². The Morgan fingerprint density at radius 3 is 2.58 bits per heavy atom. The molecule has 2 heterocycles. The lowest BCUT2D eigenvalue weighted by Crippen LogP contribution is -2.62. The number of hydrogen-bond acceptors (Lipinski definition) is 6. The van der Waals surface area contributed by atoms with E-state index in [9.17, 15) is 14.8 Å². The minimum Gasteiger partial charge on any atom is -0.489 e. The Hall–Kier alpha value is -3.49. The van der Waals surface area contributed by atoms with E-state index in [0.717, 1.165) is 54.5 Å². The van der Waals surface area contributed by atoms with Crippen LogP contribution in [0.15, 0.2) is 54.6 Å². The van der Waals surface area contributed by atoms with Crippen LogP contribution in [0.3, 0.4) is 0 Å². The first-order valence-electron chi connectivity index (χ1n) is 12.6. The number of carbonyl (C=O) groups excluding carboxylic acids is 2. The van der Waals surface area contributed by atoms with Crippen LogP contribution in [0.1, 0.15) is 47.3 Å². The Kier molecular flexibility index (Phi) is 7.16. The van der Waals surface area contributed by atoms with Gasteiger partial charge in [-0.15, -0.1) is 0 Å². The van der Waals surface area contributed by atoms with Crippen molar-refractivity contribution in [1.82, 2.24) is 20.7 Å². The third-order valence-electron chi connectivity index (χ3n) is 7.41. The Morgan fingerprint density at radius 1 is 1.08 bits per heavy atom. The number of pyridine rings is 1. The zero-order valence-electron chi connectivity index (χ0n) is 20.4. The van der Waals surface area contributed by atoms with E-state index in [1.807, 2.05) is 37.3 Å². The molecular weight excluding hydrogens is 456 g/mol. The van der Waals surface area contributed by atoms with Crippen molar-refractivity contribution in [2.24, 2.45) is 5.92 Å². The fourth-order valence-corrected chi connectivity index (χ4v) is 5.44. The molecule has 2 aliphatic rings. The van der Waals surface area contributed by atoms with E-state index in [1.54, 1.807) is 29.7 Å². The van der Waals surface area contributed by atoms with Gasteiger partial charge < -0.3 is 10.1 Å². The Balaban J connectivity index is 1.26. The molecule has 2 amide bonds. The molecular formula is C28H32N4O4. The van der Waals surface area contributed by atoms with Crippen LogP contribution in [0.5, 0.6) is 5.75 Å². The van der Waals surface area contributed by atoms with Crippen LogP contribution in [-0.2, 0) is 11.4 Å². The van der Waals surface area contributed by atoms with Crippen molar-refractivity contribution in [2.75, 3.05) is 13.1 Å². The summed E-state index contributed by atoms with van der Waals surface area (Å²) in [6, 6.07) is 16.8. The smallest absolute Gasteiger partial charge is 0.251 e. The van der Waals surface area contributed by atoms with Gasteiger partial charge in [0.05, 0.1) is 17.5 Å². The number of likely N-dealkylation sites (tertiary alicyclic amines) is 1. The molecule has 8 heteroatoms. The molecule has 188 valence electrons. The second-order valence-electron chi connectivity index (χ2n) is 9.72. The van der Waals surface area contributed by atoms with Gasteiger partial charge in [0.2, 0.25) is 5.91 Å². The third kappa shape index (κ3) is 5.05. The third-order valence-corrected chi connectivity index (χ3v) is 7.41. The Bertz CT molecular complexity index is 1240. The maximum Gasteiger partial charge on any atom is 0.251 e. The summed E-state index contributed by atoms with van der Waals surface area (Å²) in [5, 5.41) is 13.4. The average molecular weight is 489 g/mol. The molecule has 1 unspecified atom stereocenters. The maximum atomic E-state index is 13.1. The number of ether oxygens (including phenoxy) is 1. The van der Waals surface area contributed by atoms with Gasteiger partial charge >= 0.3 is 0 Å². The highest BCUT2D eigenvalue weighted by Crippen LogP contribution is 2.31. The fourth-order valence-electron chi connectivity index (χ4n) is 5.44. The number of amides is 2. The second-order valence-corrected chi connectivity index (χ2v) is 9.72. The van der Waals surface area contributed by atoms with E-state index in [-0.39, 0.29) is 18.0 Å². The van der Waals surface area contributed by atoms with E-state index in [4.69, 9.17) is 4.74 Å². The molecule has 36 heavy (non-hydrogen) atoms. The van der Waals surface area contributed by atoms with Crippen molar-refractivity contribution < 1.29 is 19.5 Å². The van der Waals surface area contributed by atoms with Crippen molar-refractivity contribution in [3.63, 3.8) is 0 Å². The van der Waals surface area contributed by atoms with Gasteiger partial charge in [-0.1, -0.05) is 24.6 Å². The second kappa shape index (κ2) is 10.6. The van der Waals surface area contributed by atoms with Crippen LogP contribution in [0.25, 0.3) is 10.9 Å². The molecule has 3 N–H and O–H groups in total. The van der Waals surface area contributed by atoms with Gasteiger partial charge in [-0.05, 0) is 75.7 Å². The van der Waals surface area contributed by atoms with Crippen LogP contribution >= 0.6 is 0 Å². The summed E-state index contributed by atoms with van der Waals surface area (Å²) in [4.78, 5) is 32.4. The summed E-state index contributed by atoms with van der Waals surface area (Å²) in [6.45, 7) is 4.32. The zero-order valence-corrected chi connectivity index (χ0v) is 20.4. The van der Waals surface area contributed by atoms with Gasteiger partial charge in [-0.25, -0.2) is 5.48 Å². The average Bonchev–Trinajstić information content (AvgIpc) is 2.87. The number of rotatable bonds is 7. The number of carbonyl (C=O) groups is 2. The number of hydroxylamine groups is 1. The summed E-state index contributed by atoms with van der Waals surface area (Å²) >= 11 is 0. The highest BCUT2D eigenvalue weighted by Gasteiger charge is 2.42. The molecule has 1 aliphatic carbocycles. The lowest BCUT2D eigenvalue weighted by Gasteiger charge is -2.47. The summed E-state index contributed by atoms with van der Waals surface area (Å²) in [5.41, 5.74) is 5.23. The lowest BCUT2D eigenvalue weighted by atomic mass is 9.78.